The Morgan fingerprint density at radius 1 is 1.35 bits per heavy atom. The molecule has 1 aromatic rings. The zero-order chi connectivity index (χ0) is 15.2. The van der Waals surface area contributed by atoms with Crippen LogP contribution in [0.5, 0.6) is 0 Å². The van der Waals surface area contributed by atoms with Crippen molar-refractivity contribution in [3.8, 4) is 0 Å². The number of methoxy groups -OCH3 is 1. The lowest BCUT2D eigenvalue weighted by atomic mass is 10.2. The molecule has 0 saturated heterocycles. The van der Waals surface area contributed by atoms with Crippen molar-refractivity contribution >= 4 is 16.0 Å². The van der Waals surface area contributed by atoms with Gasteiger partial charge < -0.3 is 9.84 Å². The van der Waals surface area contributed by atoms with Crippen LogP contribution < -0.4 is 4.72 Å². The van der Waals surface area contributed by atoms with Gasteiger partial charge in [-0.3, -0.25) is 0 Å². The van der Waals surface area contributed by atoms with Crippen molar-refractivity contribution in [2.24, 2.45) is 0 Å². The van der Waals surface area contributed by atoms with E-state index in [9.17, 15) is 13.2 Å². The number of sulfonamides is 1. The summed E-state index contributed by atoms with van der Waals surface area (Å²) in [4.78, 5) is 11.3. The molecule has 7 heteroatoms. The molecule has 0 spiro atoms. The predicted molar refractivity (Wildman–Crippen MR) is 73.9 cm³/mol. The second-order valence-electron chi connectivity index (χ2n) is 4.40. The monoisotopic (exact) mass is 301 g/mol. The third kappa shape index (κ3) is 4.59. The van der Waals surface area contributed by atoms with Gasteiger partial charge in [0.25, 0.3) is 0 Å². The van der Waals surface area contributed by atoms with Crippen LogP contribution in [-0.4, -0.2) is 39.3 Å². The zero-order valence-electron chi connectivity index (χ0n) is 11.5. The fraction of sp³-hybridized carbons (Fsp3) is 0.462. The smallest absolute Gasteiger partial charge is 0.337 e. The Hall–Kier alpha value is -1.44. The molecule has 0 amide bonds. The molecule has 20 heavy (non-hydrogen) atoms. The number of carbonyl (C=O) groups is 1. The van der Waals surface area contributed by atoms with Crippen LogP contribution in [0.3, 0.4) is 0 Å². The van der Waals surface area contributed by atoms with Gasteiger partial charge in [0.1, 0.15) is 0 Å². The molecule has 0 bridgehead atoms. The summed E-state index contributed by atoms with van der Waals surface area (Å²) >= 11 is 0. The minimum Gasteiger partial charge on any atom is -0.465 e. The van der Waals surface area contributed by atoms with Crippen LogP contribution in [0.2, 0.25) is 0 Å². The van der Waals surface area contributed by atoms with Crippen molar-refractivity contribution in [3.63, 3.8) is 0 Å². The van der Waals surface area contributed by atoms with Crippen LogP contribution in [0.4, 0.5) is 0 Å². The summed E-state index contributed by atoms with van der Waals surface area (Å²) in [6.07, 6.45) is 1.08. The lowest BCUT2D eigenvalue weighted by Gasteiger charge is -2.13. The summed E-state index contributed by atoms with van der Waals surface area (Å²) in [6, 6.07) is 5.24. The quantitative estimate of drug-likeness (QED) is 0.730. The standard InChI is InChI=1S/C13H19NO5S/c1-10(4-3-9-15)14-20(17,18)12-7-5-11(6-8-12)13(16)19-2/h5-8,10,14-15H,3-4,9H2,1-2H3. The highest BCUT2D eigenvalue weighted by molar-refractivity contribution is 7.89. The van der Waals surface area contributed by atoms with Crippen LogP contribution >= 0.6 is 0 Å². The number of hydrogen-bond donors (Lipinski definition) is 2. The maximum Gasteiger partial charge on any atom is 0.337 e. The molecule has 112 valence electrons. The van der Waals surface area contributed by atoms with Crippen molar-refractivity contribution in [1.29, 1.82) is 0 Å². The fourth-order valence-electron chi connectivity index (χ4n) is 1.68. The first kappa shape index (κ1) is 16.6. The van der Waals surface area contributed by atoms with Gasteiger partial charge in [-0.05, 0) is 44.0 Å². The Balaban J connectivity index is 2.80. The van der Waals surface area contributed by atoms with E-state index in [2.05, 4.69) is 9.46 Å². The summed E-state index contributed by atoms with van der Waals surface area (Å²) in [7, 11) is -2.36. The van der Waals surface area contributed by atoms with E-state index in [0.29, 0.717) is 18.4 Å². The number of ether oxygens (including phenoxy) is 1. The summed E-state index contributed by atoms with van der Waals surface area (Å²) in [5, 5.41) is 8.72. The second kappa shape index (κ2) is 7.37. The SMILES string of the molecule is COC(=O)c1ccc(S(=O)(=O)NC(C)CCCO)cc1. The molecule has 0 fully saturated rings. The van der Waals surface area contributed by atoms with Crippen LogP contribution in [0.1, 0.15) is 30.1 Å². The number of carbonyl (C=O) groups excluding carboxylic acids is 1. The van der Waals surface area contributed by atoms with Gasteiger partial charge in [0, 0.05) is 12.6 Å². The van der Waals surface area contributed by atoms with Crippen molar-refractivity contribution < 1.29 is 23.1 Å². The number of esters is 1. The lowest BCUT2D eigenvalue weighted by molar-refractivity contribution is 0.0600. The number of aliphatic hydroxyl groups excluding tert-OH is 1. The first-order chi connectivity index (χ1) is 9.40. The van der Waals surface area contributed by atoms with Crippen molar-refractivity contribution in [2.75, 3.05) is 13.7 Å². The van der Waals surface area contributed by atoms with Crippen LogP contribution in [0.15, 0.2) is 29.2 Å². The minimum atomic E-state index is -3.62. The third-order valence-electron chi connectivity index (χ3n) is 2.74. The predicted octanol–water partition coefficient (Wildman–Crippen LogP) is 0.912. The number of benzene rings is 1. The molecule has 1 aromatic carbocycles. The van der Waals surface area contributed by atoms with E-state index in [0.717, 1.165) is 0 Å². The van der Waals surface area contributed by atoms with E-state index in [-0.39, 0.29) is 17.5 Å². The van der Waals surface area contributed by atoms with Gasteiger partial charge in [-0.25, -0.2) is 17.9 Å². The molecule has 1 atom stereocenters. The zero-order valence-corrected chi connectivity index (χ0v) is 12.3. The average molecular weight is 301 g/mol. The molecule has 0 aliphatic rings. The highest BCUT2D eigenvalue weighted by atomic mass is 32.2. The van der Waals surface area contributed by atoms with Gasteiger partial charge >= 0.3 is 5.97 Å². The van der Waals surface area contributed by atoms with E-state index in [4.69, 9.17) is 5.11 Å². The van der Waals surface area contributed by atoms with E-state index in [1.54, 1.807) is 6.92 Å². The molecule has 1 rings (SSSR count). The molecule has 0 aliphatic carbocycles. The first-order valence-electron chi connectivity index (χ1n) is 6.22. The lowest BCUT2D eigenvalue weighted by Crippen LogP contribution is -2.32. The summed E-state index contributed by atoms with van der Waals surface area (Å²) < 4.78 is 31.2. The number of rotatable bonds is 7. The van der Waals surface area contributed by atoms with Crippen molar-refractivity contribution in [2.45, 2.75) is 30.7 Å². The summed E-state index contributed by atoms with van der Waals surface area (Å²) in [6.45, 7) is 1.76. The highest BCUT2D eigenvalue weighted by Crippen LogP contribution is 2.12. The van der Waals surface area contributed by atoms with E-state index in [1.807, 2.05) is 0 Å². The molecular formula is C13H19NO5S. The summed E-state index contributed by atoms with van der Waals surface area (Å²) in [5.41, 5.74) is 0.291. The molecule has 0 saturated carbocycles. The van der Waals surface area contributed by atoms with Crippen LogP contribution in [0, 0.1) is 0 Å². The summed E-state index contributed by atoms with van der Waals surface area (Å²) in [5.74, 6) is -0.516. The van der Waals surface area contributed by atoms with Gasteiger partial charge in [-0.15, -0.1) is 0 Å². The van der Waals surface area contributed by atoms with Crippen molar-refractivity contribution in [1.82, 2.24) is 4.72 Å². The topological polar surface area (TPSA) is 92.7 Å². The number of nitrogens with one attached hydrogen (secondary N) is 1. The van der Waals surface area contributed by atoms with E-state index >= 15 is 0 Å². The Morgan fingerprint density at radius 3 is 2.45 bits per heavy atom. The average Bonchev–Trinajstić information content (AvgIpc) is 2.44. The maximum absolute atomic E-state index is 12.1. The Bertz CT molecular complexity index is 538. The van der Waals surface area contributed by atoms with Crippen molar-refractivity contribution in [3.05, 3.63) is 29.8 Å². The molecule has 0 heterocycles. The number of hydrogen-bond acceptors (Lipinski definition) is 5. The van der Waals surface area contributed by atoms with Gasteiger partial charge in [0.2, 0.25) is 10.0 Å². The molecule has 1 unspecified atom stereocenters. The Labute approximate surface area is 118 Å². The largest absolute Gasteiger partial charge is 0.465 e. The molecule has 0 aliphatic heterocycles. The van der Waals surface area contributed by atoms with E-state index in [1.165, 1.54) is 31.4 Å². The van der Waals surface area contributed by atoms with Gasteiger partial charge in [-0.2, -0.15) is 0 Å². The molecular weight excluding hydrogens is 282 g/mol. The molecule has 2 N–H and O–H groups in total. The van der Waals surface area contributed by atoms with Gasteiger partial charge in [0.15, 0.2) is 0 Å². The fourth-order valence-corrected chi connectivity index (χ4v) is 2.96. The van der Waals surface area contributed by atoms with Crippen LogP contribution in [0.25, 0.3) is 0 Å². The minimum absolute atomic E-state index is 0.0277. The maximum atomic E-state index is 12.1. The number of aliphatic hydroxyl groups is 1. The highest BCUT2D eigenvalue weighted by Gasteiger charge is 2.17. The molecule has 6 nitrogen and oxygen atoms in total. The second-order valence-corrected chi connectivity index (χ2v) is 6.12. The normalized spacial score (nSPS) is 12.9. The Morgan fingerprint density at radius 2 is 1.95 bits per heavy atom. The third-order valence-corrected chi connectivity index (χ3v) is 4.34. The Kier molecular flexibility index (Phi) is 6.12. The van der Waals surface area contributed by atoms with Gasteiger partial charge in [0.05, 0.1) is 17.6 Å². The first-order valence-corrected chi connectivity index (χ1v) is 7.70. The van der Waals surface area contributed by atoms with Gasteiger partial charge in [-0.1, -0.05) is 0 Å². The van der Waals surface area contributed by atoms with E-state index < -0.39 is 16.0 Å². The molecule has 0 aromatic heterocycles. The molecule has 0 radical (unpaired) electrons. The van der Waals surface area contributed by atoms with Crippen LogP contribution in [-0.2, 0) is 14.8 Å².